The van der Waals surface area contributed by atoms with Gasteiger partial charge >= 0.3 is 0 Å². The minimum atomic E-state index is -0.0613. The smallest absolute Gasteiger partial charge is 0.239 e. The van der Waals surface area contributed by atoms with Crippen molar-refractivity contribution in [3.8, 4) is 0 Å². The number of hydrogen-bond donors (Lipinski definition) is 2. The number of amides is 2. The van der Waals surface area contributed by atoms with Crippen molar-refractivity contribution in [3.63, 3.8) is 0 Å². The second kappa shape index (κ2) is 9.27. The van der Waals surface area contributed by atoms with Crippen LogP contribution in [-0.4, -0.2) is 35.9 Å². The number of thioether (sulfide) groups is 1. The van der Waals surface area contributed by atoms with Gasteiger partial charge in [0.1, 0.15) is 0 Å². The maximum atomic E-state index is 11.9. The summed E-state index contributed by atoms with van der Waals surface area (Å²) < 4.78 is 0. The van der Waals surface area contributed by atoms with E-state index in [1.54, 1.807) is 0 Å². The van der Waals surface area contributed by atoms with Crippen LogP contribution >= 0.6 is 11.8 Å². The molecule has 20 heavy (non-hydrogen) atoms. The summed E-state index contributed by atoms with van der Waals surface area (Å²) in [6, 6.07) is 0.263. The molecule has 2 N–H and O–H groups in total. The molecule has 0 aromatic heterocycles. The first-order valence-electron chi connectivity index (χ1n) is 7.61. The zero-order valence-corrected chi connectivity index (χ0v) is 13.7. The highest BCUT2D eigenvalue weighted by atomic mass is 32.2. The molecule has 0 aliphatic heterocycles. The van der Waals surface area contributed by atoms with Gasteiger partial charge in [0.2, 0.25) is 11.8 Å². The van der Waals surface area contributed by atoms with Crippen LogP contribution in [0.3, 0.4) is 0 Å². The summed E-state index contributed by atoms with van der Waals surface area (Å²) in [5.41, 5.74) is 0. The van der Waals surface area contributed by atoms with Gasteiger partial charge in [0, 0.05) is 17.7 Å². The van der Waals surface area contributed by atoms with Gasteiger partial charge in [0.25, 0.3) is 0 Å². The second-order valence-corrected chi connectivity index (χ2v) is 7.02. The fraction of sp³-hybridized carbons (Fsp3) is 0.867. The van der Waals surface area contributed by atoms with E-state index in [1.807, 2.05) is 11.8 Å². The predicted octanol–water partition coefficient (Wildman–Crippen LogP) is 2.33. The first kappa shape index (κ1) is 17.3. The van der Waals surface area contributed by atoms with Gasteiger partial charge < -0.3 is 10.6 Å². The number of hydrogen-bond acceptors (Lipinski definition) is 3. The number of carbonyl (C=O) groups excluding carboxylic acids is 2. The summed E-state index contributed by atoms with van der Waals surface area (Å²) in [4.78, 5) is 23.4. The maximum absolute atomic E-state index is 11.9. The fourth-order valence-corrected chi connectivity index (χ4v) is 3.42. The third-order valence-electron chi connectivity index (χ3n) is 3.75. The van der Waals surface area contributed by atoms with Crippen molar-refractivity contribution in [1.29, 1.82) is 0 Å². The van der Waals surface area contributed by atoms with E-state index >= 15 is 0 Å². The van der Waals surface area contributed by atoms with Gasteiger partial charge in [-0.15, -0.1) is 0 Å². The molecule has 2 atom stereocenters. The molecule has 1 aliphatic carbocycles. The molecule has 0 bridgehead atoms. The summed E-state index contributed by atoms with van der Waals surface area (Å²) in [7, 11) is 0. The monoisotopic (exact) mass is 300 g/mol. The van der Waals surface area contributed by atoms with E-state index in [0.717, 1.165) is 12.8 Å². The zero-order valence-electron chi connectivity index (χ0n) is 12.9. The zero-order chi connectivity index (χ0) is 15.0. The largest absolute Gasteiger partial charge is 0.351 e. The van der Waals surface area contributed by atoms with E-state index in [1.165, 1.54) is 19.3 Å². The lowest BCUT2D eigenvalue weighted by Crippen LogP contribution is -2.47. The summed E-state index contributed by atoms with van der Waals surface area (Å²) in [5.74, 6) is 0.423. The summed E-state index contributed by atoms with van der Waals surface area (Å²) >= 11 is 1.83. The highest BCUT2D eigenvalue weighted by Gasteiger charge is 2.25. The Morgan fingerprint density at radius 2 is 1.90 bits per heavy atom. The minimum Gasteiger partial charge on any atom is -0.351 e. The Morgan fingerprint density at radius 3 is 2.55 bits per heavy atom. The molecule has 0 radical (unpaired) electrons. The van der Waals surface area contributed by atoms with E-state index in [4.69, 9.17) is 0 Å². The van der Waals surface area contributed by atoms with Crippen molar-refractivity contribution in [3.05, 3.63) is 0 Å². The molecule has 0 saturated heterocycles. The third kappa shape index (κ3) is 6.64. The topological polar surface area (TPSA) is 58.2 Å². The van der Waals surface area contributed by atoms with E-state index in [-0.39, 0.29) is 24.4 Å². The van der Waals surface area contributed by atoms with Crippen LogP contribution < -0.4 is 10.6 Å². The molecule has 0 heterocycles. The standard InChI is InChI=1S/C15H28N2O2S/c1-11(2)8-9-14(18)16-10-15(19)17-12-6-4-5-7-13(12)20-3/h11-13H,4-10H2,1-3H3,(H,16,18)(H,17,19)/t12-,13+/m0/s1. The highest BCUT2D eigenvalue weighted by molar-refractivity contribution is 7.99. The van der Waals surface area contributed by atoms with Crippen LogP contribution in [0.1, 0.15) is 52.4 Å². The molecular weight excluding hydrogens is 272 g/mol. The normalized spacial score (nSPS) is 22.6. The molecule has 5 heteroatoms. The molecular formula is C15H28N2O2S. The molecule has 0 aromatic carbocycles. The van der Waals surface area contributed by atoms with Crippen LogP contribution in [0, 0.1) is 5.92 Å². The van der Waals surface area contributed by atoms with Gasteiger partial charge in [-0.1, -0.05) is 26.7 Å². The molecule has 1 saturated carbocycles. The molecule has 1 fully saturated rings. The number of carbonyl (C=O) groups is 2. The Labute approximate surface area is 126 Å². The van der Waals surface area contributed by atoms with Crippen LogP contribution in [0.25, 0.3) is 0 Å². The van der Waals surface area contributed by atoms with E-state index in [9.17, 15) is 9.59 Å². The Hall–Kier alpha value is -0.710. The van der Waals surface area contributed by atoms with Crippen molar-refractivity contribution < 1.29 is 9.59 Å². The van der Waals surface area contributed by atoms with Gasteiger partial charge in [-0.3, -0.25) is 9.59 Å². The lowest BCUT2D eigenvalue weighted by molar-refractivity contribution is -0.126. The molecule has 2 amide bonds. The SMILES string of the molecule is CS[C@@H]1CCCC[C@@H]1NC(=O)CNC(=O)CCC(C)C. The second-order valence-electron chi connectivity index (χ2n) is 5.94. The van der Waals surface area contributed by atoms with E-state index in [2.05, 4.69) is 30.7 Å². The van der Waals surface area contributed by atoms with E-state index in [0.29, 0.717) is 17.6 Å². The summed E-state index contributed by atoms with van der Waals surface area (Å²) in [6.45, 7) is 4.28. The first-order chi connectivity index (χ1) is 9.52. The molecule has 0 unspecified atom stereocenters. The molecule has 116 valence electrons. The average Bonchev–Trinajstić information content (AvgIpc) is 2.43. The van der Waals surface area contributed by atoms with Crippen LogP contribution in [-0.2, 0) is 9.59 Å². The molecule has 0 spiro atoms. The van der Waals surface area contributed by atoms with Gasteiger partial charge in [0.15, 0.2) is 0 Å². The molecule has 1 aliphatic rings. The van der Waals surface area contributed by atoms with Crippen LogP contribution in [0.2, 0.25) is 0 Å². The Balaban J connectivity index is 2.23. The molecule has 0 aromatic rings. The Bertz CT molecular complexity index is 321. The van der Waals surface area contributed by atoms with Crippen molar-refractivity contribution in [2.45, 2.75) is 63.7 Å². The number of rotatable bonds is 7. The Morgan fingerprint density at radius 1 is 1.20 bits per heavy atom. The third-order valence-corrected chi connectivity index (χ3v) is 4.92. The highest BCUT2D eigenvalue weighted by Crippen LogP contribution is 2.26. The van der Waals surface area contributed by atoms with Crippen LogP contribution in [0.5, 0.6) is 0 Å². The van der Waals surface area contributed by atoms with Crippen molar-refractivity contribution in [1.82, 2.24) is 10.6 Å². The van der Waals surface area contributed by atoms with Gasteiger partial charge in [0.05, 0.1) is 6.54 Å². The van der Waals surface area contributed by atoms with Crippen molar-refractivity contribution in [2.75, 3.05) is 12.8 Å². The van der Waals surface area contributed by atoms with Crippen molar-refractivity contribution >= 4 is 23.6 Å². The van der Waals surface area contributed by atoms with Gasteiger partial charge in [-0.05, 0) is 31.4 Å². The van der Waals surface area contributed by atoms with Crippen molar-refractivity contribution in [2.24, 2.45) is 5.92 Å². The Kier molecular flexibility index (Phi) is 8.04. The lowest BCUT2D eigenvalue weighted by Gasteiger charge is -2.30. The lowest BCUT2D eigenvalue weighted by atomic mass is 9.95. The maximum Gasteiger partial charge on any atom is 0.239 e. The average molecular weight is 300 g/mol. The first-order valence-corrected chi connectivity index (χ1v) is 8.90. The molecule has 4 nitrogen and oxygen atoms in total. The van der Waals surface area contributed by atoms with E-state index < -0.39 is 0 Å². The predicted molar refractivity (Wildman–Crippen MR) is 84.8 cm³/mol. The van der Waals surface area contributed by atoms with Crippen LogP contribution in [0.4, 0.5) is 0 Å². The quantitative estimate of drug-likeness (QED) is 0.758. The number of nitrogens with one attached hydrogen (secondary N) is 2. The van der Waals surface area contributed by atoms with Gasteiger partial charge in [-0.2, -0.15) is 11.8 Å². The van der Waals surface area contributed by atoms with Gasteiger partial charge in [-0.25, -0.2) is 0 Å². The summed E-state index contributed by atoms with van der Waals surface area (Å²) in [5, 5.41) is 6.29. The fourth-order valence-electron chi connectivity index (χ4n) is 2.49. The van der Waals surface area contributed by atoms with Crippen LogP contribution in [0.15, 0.2) is 0 Å². The minimum absolute atomic E-state index is 0.0288. The molecule has 1 rings (SSSR count). The summed E-state index contributed by atoms with van der Waals surface area (Å²) in [6.07, 6.45) is 8.13.